The average molecular weight is 209 g/mol. The van der Waals surface area contributed by atoms with E-state index in [1.807, 2.05) is 12.1 Å². The van der Waals surface area contributed by atoms with Crippen LogP contribution in [0.5, 0.6) is 0 Å². The van der Waals surface area contributed by atoms with Crippen molar-refractivity contribution in [2.75, 3.05) is 13.2 Å². The molecule has 0 spiro atoms. The monoisotopic (exact) mass is 209 g/mol. The maximum atomic E-state index is 12.7. The molecule has 1 aliphatic rings. The fraction of sp³-hybridized carbons (Fsp3) is 0.500. The first kappa shape index (κ1) is 10.6. The Balaban J connectivity index is 1.89. The van der Waals surface area contributed by atoms with E-state index in [4.69, 9.17) is 4.74 Å². The van der Waals surface area contributed by atoms with E-state index in [1.54, 1.807) is 0 Å². The second-order valence-corrected chi connectivity index (χ2v) is 4.10. The van der Waals surface area contributed by atoms with E-state index in [2.05, 4.69) is 12.2 Å². The fourth-order valence-corrected chi connectivity index (χ4v) is 1.75. The number of ether oxygens (including phenoxy) is 1. The molecule has 2 nitrogen and oxygen atoms in total. The Labute approximate surface area is 89.4 Å². The van der Waals surface area contributed by atoms with Crippen molar-refractivity contribution in [1.82, 2.24) is 5.32 Å². The molecule has 1 aromatic carbocycles. The van der Waals surface area contributed by atoms with Crippen LogP contribution in [0.25, 0.3) is 0 Å². The molecule has 1 saturated heterocycles. The van der Waals surface area contributed by atoms with Crippen LogP contribution >= 0.6 is 0 Å². The van der Waals surface area contributed by atoms with Crippen molar-refractivity contribution >= 4 is 0 Å². The summed E-state index contributed by atoms with van der Waals surface area (Å²) in [6.07, 6.45) is 1.06. The lowest BCUT2D eigenvalue weighted by Crippen LogP contribution is -2.45. The Morgan fingerprint density at radius 3 is 2.73 bits per heavy atom. The van der Waals surface area contributed by atoms with Gasteiger partial charge in [-0.2, -0.15) is 0 Å². The van der Waals surface area contributed by atoms with E-state index in [-0.39, 0.29) is 11.9 Å². The molecule has 3 heteroatoms. The Hall–Kier alpha value is -0.930. The highest BCUT2D eigenvalue weighted by Crippen LogP contribution is 2.10. The molecule has 0 aromatic heterocycles. The first-order valence-corrected chi connectivity index (χ1v) is 5.33. The first-order chi connectivity index (χ1) is 7.24. The van der Waals surface area contributed by atoms with Gasteiger partial charge in [-0.1, -0.05) is 12.1 Å². The lowest BCUT2D eigenvalue weighted by Gasteiger charge is -2.28. The summed E-state index contributed by atoms with van der Waals surface area (Å²) in [5.41, 5.74) is 1.12. The molecule has 2 atom stereocenters. The van der Waals surface area contributed by atoms with Gasteiger partial charge >= 0.3 is 0 Å². The molecule has 0 radical (unpaired) electrons. The summed E-state index contributed by atoms with van der Waals surface area (Å²) < 4.78 is 18.3. The Morgan fingerprint density at radius 1 is 1.40 bits per heavy atom. The molecule has 0 aliphatic carbocycles. The van der Waals surface area contributed by atoms with Gasteiger partial charge in [0, 0.05) is 12.6 Å². The third-order valence-corrected chi connectivity index (χ3v) is 2.65. The number of morpholine rings is 1. The lowest BCUT2D eigenvalue weighted by atomic mass is 10.1. The van der Waals surface area contributed by atoms with Crippen LogP contribution in [0.4, 0.5) is 4.39 Å². The van der Waals surface area contributed by atoms with E-state index < -0.39 is 0 Å². The van der Waals surface area contributed by atoms with Gasteiger partial charge < -0.3 is 10.1 Å². The molecule has 0 saturated carbocycles. The van der Waals surface area contributed by atoms with Crippen LogP contribution in [-0.4, -0.2) is 25.3 Å². The number of benzene rings is 1. The normalized spacial score (nSPS) is 26.5. The third kappa shape index (κ3) is 3.01. The van der Waals surface area contributed by atoms with Gasteiger partial charge in [-0.3, -0.25) is 0 Å². The smallest absolute Gasteiger partial charge is 0.123 e. The quantitative estimate of drug-likeness (QED) is 0.801. The minimum absolute atomic E-state index is 0.185. The molecular weight excluding hydrogens is 193 g/mol. The number of hydrogen-bond acceptors (Lipinski definition) is 2. The summed E-state index contributed by atoms with van der Waals surface area (Å²) in [4.78, 5) is 0. The van der Waals surface area contributed by atoms with Crippen LogP contribution in [0, 0.1) is 5.82 Å². The third-order valence-electron chi connectivity index (χ3n) is 2.65. The molecule has 1 heterocycles. The summed E-state index contributed by atoms with van der Waals surface area (Å²) in [6.45, 7) is 3.73. The minimum atomic E-state index is -0.185. The molecule has 0 amide bonds. The predicted molar refractivity (Wildman–Crippen MR) is 57.3 cm³/mol. The van der Waals surface area contributed by atoms with Crippen LogP contribution in [0.15, 0.2) is 24.3 Å². The number of rotatable bonds is 2. The largest absolute Gasteiger partial charge is 0.375 e. The molecule has 2 unspecified atom stereocenters. The summed E-state index contributed by atoms with van der Waals surface area (Å²) in [5.74, 6) is -0.185. The van der Waals surface area contributed by atoms with E-state index in [9.17, 15) is 4.39 Å². The van der Waals surface area contributed by atoms with Gasteiger partial charge in [0.2, 0.25) is 0 Å². The molecule has 1 aliphatic heterocycles. The van der Waals surface area contributed by atoms with Crippen molar-refractivity contribution in [3.05, 3.63) is 35.6 Å². The van der Waals surface area contributed by atoms with Crippen molar-refractivity contribution < 1.29 is 9.13 Å². The zero-order valence-electron chi connectivity index (χ0n) is 8.87. The second-order valence-electron chi connectivity index (χ2n) is 4.10. The summed E-state index contributed by atoms with van der Waals surface area (Å²) in [6, 6.07) is 7.06. The summed E-state index contributed by atoms with van der Waals surface area (Å²) in [7, 11) is 0. The summed E-state index contributed by atoms with van der Waals surface area (Å²) in [5, 5.41) is 3.36. The fourth-order valence-electron chi connectivity index (χ4n) is 1.75. The standard InChI is InChI=1S/C12H16FNO/c1-9-8-15-12(7-14-9)6-10-2-4-11(13)5-3-10/h2-5,9,12,14H,6-8H2,1H3. The van der Waals surface area contributed by atoms with E-state index in [0.29, 0.717) is 6.04 Å². The van der Waals surface area contributed by atoms with Crippen LogP contribution in [-0.2, 0) is 11.2 Å². The van der Waals surface area contributed by atoms with Crippen molar-refractivity contribution in [1.29, 1.82) is 0 Å². The highest BCUT2D eigenvalue weighted by atomic mass is 19.1. The number of nitrogens with one attached hydrogen (secondary N) is 1. The maximum absolute atomic E-state index is 12.7. The molecule has 2 rings (SSSR count). The zero-order valence-corrected chi connectivity index (χ0v) is 8.87. The summed E-state index contributed by atoms with van der Waals surface area (Å²) >= 11 is 0. The maximum Gasteiger partial charge on any atom is 0.123 e. The topological polar surface area (TPSA) is 21.3 Å². The van der Waals surface area contributed by atoms with Gasteiger partial charge in [0.15, 0.2) is 0 Å². The highest BCUT2D eigenvalue weighted by Gasteiger charge is 2.17. The van der Waals surface area contributed by atoms with E-state index in [0.717, 1.165) is 25.1 Å². The van der Waals surface area contributed by atoms with E-state index >= 15 is 0 Å². The Kier molecular flexibility index (Phi) is 3.34. The minimum Gasteiger partial charge on any atom is -0.375 e. The number of hydrogen-bond donors (Lipinski definition) is 1. The first-order valence-electron chi connectivity index (χ1n) is 5.33. The molecular formula is C12H16FNO. The van der Waals surface area contributed by atoms with Gasteiger partial charge in [0.25, 0.3) is 0 Å². The van der Waals surface area contributed by atoms with Crippen molar-refractivity contribution in [2.45, 2.75) is 25.5 Å². The van der Waals surface area contributed by atoms with Crippen molar-refractivity contribution in [3.8, 4) is 0 Å². The average Bonchev–Trinajstić information content (AvgIpc) is 2.25. The number of halogens is 1. The van der Waals surface area contributed by atoms with Gasteiger partial charge in [-0.05, 0) is 31.0 Å². The van der Waals surface area contributed by atoms with Crippen molar-refractivity contribution in [3.63, 3.8) is 0 Å². The highest BCUT2D eigenvalue weighted by molar-refractivity contribution is 5.17. The van der Waals surface area contributed by atoms with Crippen LogP contribution in [0.1, 0.15) is 12.5 Å². The van der Waals surface area contributed by atoms with Crippen LogP contribution in [0.3, 0.4) is 0 Å². The van der Waals surface area contributed by atoms with Gasteiger partial charge in [-0.25, -0.2) is 4.39 Å². The van der Waals surface area contributed by atoms with Gasteiger partial charge in [-0.15, -0.1) is 0 Å². The van der Waals surface area contributed by atoms with Gasteiger partial charge in [0.05, 0.1) is 12.7 Å². The molecule has 1 fully saturated rings. The lowest BCUT2D eigenvalue weighted by molar-refractivity contribution is 0.00881. The van der Waals surface area contributed by atoms with E-state index in [1.165, 1.54) is 12.1 Å². The molecule has 1 N–H and O–H groups in total. The SMILES string of the molecule is CC1COC(Cc2ccc(F)cc2)CN1. The molecule has 82 valence electrons. The van der Waals surface area contributed by atoms with Gasteiger partial charge in [0.1, 0.15) is 5.82 Å². The predicted octanol–water partition coefficient (Wildman–Crippen LogP) is 1.75. The molecule has 0 bridgehead atoms. The zero-order chi connectivity index (χ0) is 10.7. The van der Waals surface area contributed by atoms with Crippen molar-refractivity contribution in [2.24, 2.45) is 0 Å². The van der Waals surface area contributed by atoms with Crippen LogP contribution < -0.4 is 5.32 Å². The Bertz CT molecular complexity index is 304. The second kappa shape index (κ2) is 4.73. The molecule has 15 heavy (non-hydrogen) atoms. The molecule has 1 aromatic rings. The van der Waals surface area contributed by atoms with Crippen LogP contribution in [0.2, 0.25) is 0 Å². The Morgan fingerprint density at radius 2 is 2.13 bits per heavy atom.